The third-order valence-electron chi connectivity index (χ3n) is 7.84. The van der Waals surface area contributed by atoms with Gasteiger partial charge in [-0.2, -0.15) is 0 Å². The second-order valence-electron chi connectivity index (χ2n) is 9.67. The summed E-state index contributed by atoms with van der Waals surface area (Å²) in [5.41, 5.74) is 9.16. The van der Waals surface area contributed by atoms with Gasteiger partial charge in [0.2, 0.25) is 0 Å². The van der Waals surface area contributed by atoms with E-state index in [0.717, 1.165) is 81.7 Å². The monoisotopic (exact) mass is 536 g/mol. The van der Waals surface area contributed by atoms with Gasteiger partial charge in [0, 0.05) is 37.5 Å². The van der Waals surface area contributed by atoms with Gasteiger partial charge in [0.25, 0.3) is 0 Å². The third kappa shape index (κ3) is 2.69. The molecule has 2 nitrogen and oxygen atoms in total. The number of fused-ring (bicyclic) bond motifs is 4. The molecule has 37 heavy (non-hydrogen) atoms. The largest absolute Gasteiger partial charge is 0.289 e. The van der Waals surface area contributed by atoms with E-state index >= 15 is 0 Å². The fraction of sp³-hybridized carbons (Fsp3) is 0. The van der Waals surface area contributed by atoms with Crippen molar-refractivity contribution in [1.82, 2.24) is 0 Å². The summed E-state index contributed by atoms with van der Waals surface area (Å²) in [7, 11) is 0. The lowest BCUT2D eigenvalue weighted by molar-refractivity contribution is 0.103. The molecule has 0 fully saturated rings. The lowest BCUT2D eigenvalue weighted by Gasteiger charge is -2.24. The molecular formula is C34H17BrO2. The van der Waals surface area contributed by atoms with Gasteiger partial charge < -0.3 is 0 Å². The molecule has 0 unspecified atom stereocenters. The number of hydrogen-bond donors (Lipinski definition) is 0. The summed E-state index contributed by atoms with van der Waals surface area (Å²) >= 11 is 3.52. The first-order valence-electron chi connectivity index (χ1n) is 12.2. The highest BCUT2D eigenvalue weighted by Crippen LogP contribution is 2.47. The van der Waals surface area contributed by atoms with Crippen LogP contribution in [-0.2, 0) is 0 Å². The Kier molecular flexibility index (Phi) is 4.13. The van der Waals surface area contributed by atoms with E-state index in [2.05, 4.69) is 52.3 Å². The molecule has 3 heteroatoms. The number of carbonyl (C=O) groups is 2. The Labute approximate surface area is 221 Å². The number of halogens is 1. The fourth-order valence-corrected chi connectivity index (χ4v) is 6.62. The van der Waals surface area contributed by atoms with Gasteiger partial charge in [-0.05, 0) is 56.3 Å². The van der Waals surface area contributed by atoms with Crippen LogP contribution in [0.3, 0.4) is 0 Å². The lowest BCUT2D eigenvalue weighted by atomic mass is 9.78. The highest BCUT2D eigenvalue weighted by atomic mass is 79.9. The van der Waals surface area contributed by atoms with Crippen LogP contribution in [-0.4, -0.2) is 11.6 Å². The average Bonchev–Trinajstić information content (AvgIpc) is 2.94. The van der Waals surface area contributed by atoms with E-state index in [0.29, 0.717) is 0 Å². The predicted octanol–water partition coefficient (Wildman–Crippen LogP) is 8.85. The molecule has 0 heterocycles. The maximum atomic E-state index is 13.5. The molecule has 0 saturated carbocycles. The van der Waals surface area contributed by atoms with Crippen molar-refractivity contribution < 1.29 is 9.59 Å². The van der Waals surface area contributed by atoms with Gasteiger partial charge in [0.1, 0.15) is 0 Å². The molecule has 0 aromatic heterocycles. The number of hydrogen-bond acceptors (Lipinski definition) is 2. The van der Waals surface area contributed by atoms with Crippen molar-refractivity contribution in [3.63, 3.8) is 0 Å². The zero-order chi connectivity index (χ0) is 24.8. The highest BCUT2D eigenvalue weighted by Gasteiger charge is 2.28. The average molecular weight is 537 g/mol. The Morgan fingerprint density at radius 1 is 0.378 bits per heavy atom. The minimum atomic E-state index is 0.0469. The smallest absolute Gasteiger partial charge is 0.194 e. The Morgan fingerprint density at radius 2 is 0.838 bits per heavy atom. The summed E-state index contributed by atoms with van der Waals surface area (Å²) in [6, 6.07) is 34.4. The third-order valence-corrected chi connectivity index (χ3v) is 8.33. The first-order chi connectivity index (χ1) is 18.1. The van der Waals surface area contributed by atoms with Gasteiger partial charge in [-0.15, -0.1) is 0 Å². The highest BCUT2D eigenvalue weighted by molar-refractivity contribution is 9.10. The zero-order valence-electron chi connectivity index (χ0n) is 19.5. The van der Waals surface area contributed by atoms with Crippen LogP contribution in [0.5, 0.6) is 0 Å². The molecular weight excluding hydrogens is 520 g/mol. The van der Waals surface area contributed by atoms with Crippen molar-refractivity contribution >= 4 is 49.0 Å². The van der Waals surface area contributed by atoms with Crippen LogP contribution < -0.4 is 0 Å². The molecule has 0 atom stereocenters. The summed E-state index contributed by atoms with van der Waals surface area (Å²) in [4.78, 5) is 27.0. The standard InChI is InChI=1S/C34H17BrO2/c35-18-11-12-22-26-16-14-21(24-8-4-10-29(32(24)26)34(37)30(22)17-18)20-13-15-25-19-5-1-2-6-27(19)33(36)28-9-3-7-23(20)31(25)28/h1-17H. The lowest BCUT2D eigenvalue weighted by Crippen LogP contribution is -2.10. The van der Waals surface area contributed by atoms with E-state index in [1.54, 1.807) is 0 Å². The molecule has 0 spiro atoms. The zero-order valence-corrected chi connectivity index (χ0v) is 21.1. The van der Waals surface area contributed by atoms with Crippen LogP contribution in [0.2, 0.25) is 0 Å². The SMILES string of the molecule is O=C1c2ccccc2-c2ccc(-c3ccc4c5c(cccc35)C(=O)c3cc(Br)ccc3-4)c3cccc1c23. The molecule has 8 rings (SSSR count). The predicted molar refractivity (Wildman–Crippen MR) is 152 cm³/mol. The van der Waals surface area contributed by atoms with Crippen LogP contribution in [0.25, 0.3) is 54.9 Å². The van der Waals surface area contributed by atoms with Gasteiger partial charge in [0.05, 0.1) is 0 Å². The van der Waals surface area contributed by atoms with E-state index < -0.39 is 0 Å². The van der Waals surface area contributed by atoms with E-state index in [9.17, 15) is 9.59 Å². The molecule has 2 aliphatic carbocycles. The molecule has 0 bridgehead atoms. The molecule has 0 radical (unpaired) electrons. The van der Waals surface area contributed by atoms with Crippen LogP contribution in [0.15, 0.2) is 108 Å². The van der Waals surface area contributed by atoms with Gasteiger partial charge in [-0.1, -0.05) is 107 Å². The second-order valence-corrected chi connectivity index (χ2v) is 10.6. The number of rotatable bonds is 1. The van der Waals surface area contributed by atoms with Crippen LogP contribution in [0, 0.1) is 0 Å². The maximum absolute atomic E-state index is 13.5. The second kappa shape index (κ2) is 7.34. The van der Waals surface area contributed by atoms with Crippen molar-refractivity contribution in [3.8, 4) is 33.4 Å². The first-order valence-corrected chi connectivity index (χ1v) is 13.0. The first kappa shape index (κ1) is 20.8. The van der Waals surface area contributed by atoms with Crippen molar-refractivity contribution in [2.24, 2.45) is 0 Å². The van der Waals surface area contributed by atoms with Crippen LogP contribution >= 0.6 is 15.9 Å². The minimum absolute atomic E-state index is 0.0469. The van der Waals surface area contributed by atoms with Crippen molar-refractivity contribution in [3.05, 3.63) is 130 Å². The van der Waals surface area contributed by atoms with Crippen LogP contribution in [0.4, 0.5) is 0 Å². The summed E-state index contributed by atoms with van der Waals surface area (Å²) in [6.45, 7) is 0. The van der Waals surface area contributed by atoms with E-state index in [4.69, 9.17) is 0 Å². The van der Waals surface area contributed by atoms with Crippen LogP contribution in [0.1, 0.15) is 31.8 Å². The van der Waals surface area contributed by atoms with Crippen molar-refractivity contribution in [2.45, 2.75) is 0 Å². The quantitative estimate of drug-likeness (QED) is 0.210. The van der Waals surface area contributed by atoms with E-state index in [1.165, 1.54) is 0 Å². The Bertz CT molecular complexity index is 2030. The number of carbonyl (C=O) groups excluding carboxylic acids is 2. The van der Waals surface area contributed by atoms with Gasteiger partial charge in [-0.3, -0.25) is 9.59 Å². The Hall–Kier alpha value is -4.34. The van der Waals surface area contributed by atoms with Gasteiger partial charge in [0.15, 0.2) is 11.6 Å². The Morgan fingerprint density at radius 3 is 1.46 bits per heavy atom. The topological polar surface area (TPSA) is 34.1 Å². The molecule has 0 amide bonds. The van der Waals surface area contributed by atoms with Gasteiger partial charge >= 0.3 is 0 Å². The summed E-state index contributed by atoms with van der Waals surface area (Å²) in [6.07, 6.45) is 0. The number of ketones is 2. The van der Waals surface area contributed by atoms with Crippen molar-refractivity contribution in [1.29, 1.82) is 0 Å². The summed E-state index contributed by atoms with van der Waals surface area (Å²) < 4.78 is 0.895. The Balaban J connectivity index is 1.46. The summed E-state index contributed by atoms with van der Waals surface area (Å²) in [5.74, 6) is 0.113. The fourth-order valence-electron chi connectivity index (χ4n) is 6.26. The summed E-state index contributed by atoms with van der Waals surface area (Å²) in [5, 5.41) is 4.07. The molecule has 0 saturated heterocycles. The van der Waals surface area contributed by atoms with Crippen molar-refractivity contribution in [2.75, 3.05) is 0 Å². The number of benzene rings is 6. The molecule has 2 aliphatic rings. The molecule has 172 valence electrons. The van der Waals surface area contributed by atoms with Gasteiger partial charge in [-0.25, -0.2) is 0 Å². The molecule has 0 aliphatic heterocycles. The normalized spacial score (nSPS) is 13.1. The van der Waals surface area contributed by atoms with E-state index in [1.807, 2.05) is 66.7 Å². The molecule has 6 aromatic carbocycles. The molecule has 6 aromatic rings. The van der Waals surface area contributed by atoms with E-state index in [-0.39, 0.29) is 11.6 Å². The molecule has 0 N–H and O–H groups in total. The minimum Gasteiger partial charge on any atom is -0.289 e. The maximum Gasteiger partial charge on any atom is 0.194 e.